The van der Waals surface area contributed by atoms with Gasteiger partial charge >= 0.3 is 0 Å². The molecule has 0 saturated carbocycles. The van der Waals surface area contributed by atoms with Crippen molar-refractivity contribution in [3.63, 3.8) is 0 Å². The lowest BCUT2D eigenvalue weighted by molar-refractivity contribution is 0.808. The molecule has 1 heteroatoms. The Labute approximate surface area is 93.2 Å². The van der Waals surface area contributed by atoms with Crippen LogP contribution in [-0.4, -0.2) is 4.98 Å². The Morgan fingerprint density at radius 3 is 2.67 bits per heavy atom. The summed E-state index contributed by atoms with van der Waals surface area (Å²) in [7, 11) is 0. The van der Waals surface area contributed by atoms with Crippen LogP contribution in [0.2, 0.25) is 0 Å². The minimum atomic E-state index is 0.526. The third-order valence-electron chi connectivity index (χ3n) is 2.52. The zero-order chi connectivity index (χ0) is 11.3. The maximum absolute atomic E-state index is 4.44. The summed E-state index contributed by atoms with van der Waals surface area (Å²) in [5, 5.41) is 0. The molecule has 0 atom stereocenters. The summed E-state index contributed by atoms with van der Waals surface area (Å²) in [5.74, 6) is 0.526. The molecular formula is C14H21N. The first-order valence-corrected chi connectivity index (χ1v) is 5.93. The van der Waals surface area contributed by atoms with Crippen LogP contribution in [0.5, 0.6) is 0 Å². The maximum Gasteiger partial charge on any atom is 0.0503 e. The van der Waals surface area contributed by atoms with E-state index in [1.54, 1.807) is 0 Å². The Hall–Kier alpha value is -1.11. The van der Waals surface area contributed by atoms with E-state index in [1.807, 2.05) is 20.0 Å². The van der Waals surface area contributed by atoms with E-state index in [0.717, 1.165) is 0 Å². The summed E-state index contributed by atoms with van der Waals surface area (Å²) in [6.07, 6.45) is 8.76. The molecule has 0 spiro atoms. The van der Waals surface area contributed by atoms with Gasteiger partial charge in [-0.2, -0.15) is 0 Å². The lowest BCUT2D eigenvalue weighted by Crippen LogP contribution is -2.03. The minimum Gasteiger partial charge on any atom is -0.260 e. The Morgan fingerprint density at radius 2 is 2.00 bits per heavy atom. The minimum absolute atomic E-state index is 0.526. The van der Waals surface area contributed by atoms with Gasteiger partial charge in [-0.3, -0.25) is 4.98 Å². The van der Waals surface area contributed by atoms with Crippen molar-refractivity contribution in [2.45, 2.75) is 46.5 Å². The monoisotopic (exact) mass is 203 g/mol. The van der Waals surface area contributed by atoms with Crippen LogP contribution in [-0.2, 0) is 6.42 Å². The summed E-state index contributed by atoms with van der Waals surface area (Å²) in [6, 6.07) is 2.14. The van der Waals surface area contributed by atoms with Gasteiger partial charge in [-0.05, 0) is 36.0 Å². The molecule has 15 heavy (non-hydrogen) atoms. The third-order valence-corrected chi connectivity index (χ3v) is 2.52. The van der Waals surface area contributed by atoms with E-state index in [4.69, 9.17) is 0 Å². The fourth-order valence-corrected chi connectivity index (χ4v) is 1.84. The fraction of sp³-hybridized carbons (Fsp3) is 0.500. The maximum atomic E-state index is 4.44. The number of hydrogen-bond acceptors (Lipinski definition) is 1. The van der Waals surface area contributed by atoms with Crippen LogP contribution >= 0.6 is 0 Å². The molecule has 1 aromatic heterocycles. The van der Waals surface area contributed by atoms with E-state index in [1.165, 1.54) is 29.7 Å². The Kier molecular flexibility index (Phi) is 4.54. The molecule has 0 aliphatic heterocycles. The molecule has 0 aromatic carbocycles. The molecule has 0 bridgehead atoms. The van der Waals surface area contributed by atoms with Gasteiger partial charge in [0.25, 0.3) is 0 Å². The SMILES string of the molecule is CC.CC(C)c1nccc2c1C=CCC2. The second kappa shape index (κ2) is 5.69. The molecule has 0 radical (unpaired) electrons. The summed E-state index contributed by atoms with van der Waals surface area (Å²) in [4.78, 5) is 4.44. The van der Waals surface area contributed by atoms with Crippen molar-refractivity contribution in [2.24, 2.45) is 0 Å². The molecule has 1 aliphatic rings. The van der Waals surface area contributed by atoms with Crippen LogP contribution in [0.4, 0.5) is 0 Å². The number of hydrogen-bond donors (Lipinski definition) is 0. The molecular weight excluding hydrogens is 182 g/mol. The largest absolute Gasteiger partial charge is 0.260 e. The van der Waals surface area contributed by atoms with E-state index in [2.05, 4.69) is 37.0 Å². The van der Waals surface area contributed by atoms with Gasteiger partial charge in [-0.1, -0.05) is 39.8 Å². The molecule has 2 rings (SSSR count). The average Bonchev–Trinajstić information content (AvgIpc) is 2.31. The predicted molar refractivity (Wildman–Crippen MR) is 67.0 cm³/mol. The number of pyridine rings is 1. The third kappa shape index (κ3) is 2.68. The Morgan fingerprint density at radius 1 is 1.27 bits per heavy atom. The van der Waals surface area contributed by atoms with Gasteiger partial charge in [-0.25, -0.2) is 0 Å². The fourth-order valence-electron chi connectivity index (χ4n) is 1.84. The first-order chi connectivity index (χ1) is 7.29. The first kappa shape index (κ1) is 12.0. The van der Waals surface area contributed by atoms with Gasteiger partial charge < -0.3 is 0 Å². The number of fused-ring (bicyclic) bond motifs is 1. The normalized spacial score (nSPS) is 13.1. The highest BCUT2D eigenvalue weighted by atomic mass is 14.7. The van der Waals surface area contributed by atoms with Crippen LogP contribution in [0.25, 0.3) is 6.08 Å². The molecule has 82 valence electrons. The quantitative estimate of drug-likeness (QED) is 0.667. The summed E-state index contributed by atoms with van der Waals surface area (Å²) in [5.41, 5.74) is 4.07. The molecule has 1 nitrogen and oxygen atoms in total. The van der Waals surface area contributed by atoms with Crippen molar-refractivity contribution >= 4 is 6.08 Å². The molecule has 0 N–H and O–H groups in total. The lowest BCUT2D eigenvalue weighted by Gasteiger charge is -2.15. The lowest BCUT2D eigenvalue weighted by atomic mass is 9.93. The summed E-state index contributed by atoms with van der Waals surface area (Å²) < 4.78 is 0. The topological polar surface area (TPSA) is 12.9 Å². The summed E-state index contributed by atoms with van der Waals surface area (Å²) >= 11 is 0. The number of aromatic nitrogens is 1. The average molecular weight is 203 g/mol. The molecule has 1 aliphatic carbocycles. The van der Waals surface area contributed by atoms with Gasteiger partial charge in [0.15, 0.2) is 0 Å². The highest BCUT2D eigenvalue weighted by molar-refractivity contribution is 5.58. The van der Waals surface area contributed by atoms with Crippen molar-refractivity contribution in [1.82, 2.24) is 4.98 Å². The Balaban J connectivity index is 0.000000531. The predicted octanol–water partition coefficient (Wildman–Crippen LogP) is 4.19. The van der Waals surface area contributed by atoms with Gasteiger partial charge in [0.2, 0.25) is 0 Å². The smallest absolute Gasteiger partial charge is 0.0503 e. The zero-order valence-electron chi connectivity index (χ0n) is 10.2. The molecule has 1 heterocycles. The number of aryl methyl sites for hydroxylation is 1. The zero-order valence-corrected chi connectivity index (χ0v) is 10.2. The van der Waals surface area contributed by atoms with E-state index in [-0.39, 0.29) is 0 Å². The van der Waals surface area contributed by atoms with Gasteiger partial charge in [-0.15, -0.1) is 0 Å². The van der Waals surface area contributed by atoms with Crippen LogP contribution in [0.1, 0.15) is 56.9 Å². The highest BCUT2D eigenvalue weighted by Crippen LogP contribution is 2.25. The highest BCUT2D eigenvalue weighted by Gasteiger charge is 2.11. The molecule has 0 unspecified atom stereocenters. The van der Waals surface area contributed by atoms with E-state index < -0.39 is 0 Å². The van der Waals surface area contributed by atoms with Gasteiger partial charge in [0.05, 0.1) is 5.69 Å². The number of rotatable bonds is 1. The summed E-state index contributed by atoms with van der Waals surface area (Å²) in [6.45, 7) is 8.40. The van der Waals surface area contributed by atoms with Crippen molar-refractivity contribution in [1.29, 1.82) is 0 Å². The second-order valence-corrected chi connectivity index (χ2v) is 3.86. The van der Waals surface area contributed by atoms with E-state index >= 15 is 0 Å². The molecule has 1 aromatic rings. The van der Waals surface area contributed by atoms with Crippen molar-refractivity contribution in [3.8, 4) is 0 Å². The van der Waals surface area contributed by atoms with Crippen molar-refractivity contribution < 1.29 is 0 Å². The molecule has 0 fully saturated rings. The number of allylic oxidation sites excluding steroid dienone is 1. The standard InChI is InChI=1S/C12H15N.C2H6/c1-9(2)12-11-6-4-3-5-10(11)7-8-13-12;1-2/h4,6-9H,3,5H2,1-2H3;1-2H3. The van der Waals surface area contributed by atoms with Gasteiger partial charge in [0.1, 0.15) is 0 Å². The van der Waals surface area contributed by atoms with Crippen molar-refractivity contribution in [3.05, 3.63) is 35.2 Å². The molecule has 0 saturated heterocycles. The first-order valence-electron chi connectivity index (χ1n) is 5.93. The second-order valence-electron chi connectivity index (χ2n) is 3.86. The van der Waals surface area contributed by atoms with E-state index in [0.29, 0.717) is 5.92 Å². The van der Waals surface area contributed by atoms with Crippen LogP contribution < -0.4 is 0 Å². The van der Waals surface area contributed by atoms with Crippen molar-refractivity contribution in [2.75, 3.05) is 0 Å². The van der Waals surface area contributed by atoms with Crippen LogP contribution in [0.3, 0.4) is 0 Å². The number of nitrogens with zero attached hydrogens (tertiary/aromatic N) is 1. The van der Waals surface area contributed by atoms with Gasteiger partial charge in [0, 0.05) is 6.20 Å². The Bertz CT molecular complexity index is 337. The van der Waals surface area contributed by atoms with Crippen LogP contribution in [0, 0.1) is 0 Å². The van der Waals surface area contributed by atoms with E-state index in [9.17, 15) is 0 Å². The van der Waals surface area contributed by atoms with Crippen LogP contribution in [0.15, 0.2) is 18.3 Å². The molecule has 0 amide bonds.